The summed E-state index contributed by atoms with van der Waals surface area (Å²) in [5.74, 6) is 0.260. The molecule has 0 aliphatic carbocycles. The number of amidine groups is 1. The summed E-state index contributed by atoms with van der Waals surface area (Å²) >= 11 is 4.93. The highest BCUT2D eigenvalue weighted by Gasteiger charge is 2.36. The Morgan fingerprint density at radius 1 is 1.67 bits per heavy atom. The Kier molecular flexibility index (Phi) is 2.79. The first-order valence-electron chi connectivity index (χ1n) is 4.54. The number of nitrogens with one attached hydrogen (secondary N) is 2. The number of carbonyl (C=O) groups excluding carboxylic acids is 1. The van der Waals surface area contributed by atoms with Gasteiger partial charge in [0, 0.05) is 11.4 Å². The van der Waals surface area contributed by atoms with E-state index in [1.807, 2.05) is 19.1 Å². The standard InChI is InChI=1S/C9H10BrN3OS/c1-2-13-7(8(11)12-9(13)14)5-3-4-6(10)15-5/h3-4,7H,2H2,1H3,(H2,11,12,14). The first-order valence-corrected chi connectivity index (χ1v) is 6.15. The third-order valence-corrected chi connectivity index (χ3v) is 3.97. The van der Waals surface area contributed by atoms with Crippen LogP contribution in [0.15, 0.2) is 15.9 Å². The Labute approximate surface area is 99.9 Å². The second kappa shape index (κ2) is 3.94. The lowest BCUT2D eigenvalue weighted by molar-refractivity contribution is 0.209. The molecule has 1 unspecified atom stereocenters. The molecule has 2 heterocycles. The molecular formula is C9H10BrN3OS. The van der Waals surface area contributed by atoms with Crippen molar-refractivity contribution in [2.45, 2.75) is 13.0 Å². The zero-order valence-electron chi connectivity index (χ0n) is 8.08. The fourth-order valence-electron chi connectivity index (χ4n) is 1.63. The molecule has 2 amide bonds. The second-order valence-electron chi connectivity index (χ2n) is 3.17. The summed E-state index contributed by atoms with van der Waals surface area (Å²) in [6.07, 6.45) is 0. The normalized spacial score (nSPS) is 20.9. The molecule has 0 spiro atoms. The number of likely N-dealkylation sites (N-methyl/N-ethyl adjacent to an activating group) is 1. The third kappa shape index (κ3) is 1.79. The van der Waals surface area contributed by atoms with Gasteiger partial charge in [-0.25, -0.2) is 4.79 Å². The molecule has 1 saturated heterocycles. The molecule has 2 N–H and O–H groups in total. The van der Waals surface area contributed by atoms with E-state index in [-0.39, 0.29) is 17.9 Å². The molecule has 4 nitrogen and oxygen atoms in total. The van der Waals surface area contributed by atoms with Crippen molar-refractivity contribution < 1.29 is 4.79 Å². The number of hydrogen-bond donors (Lipinski definition) is 2. The first kappa shape index (κ1) is 10.6. The Morgan fingerprint density at radius 3 is 2.93 bits per heavy atom. The fraction of sp³-hybridized carbons (Fsp3) is 0.333. The summed E-state index contributed by atoms with van der Waals surface area (Å²) in [4.78, 5) is 14.1. The van der Waals surface area contributed by atoms with Crippen LogP contribution in [0.2, 0.25) is 0 Å². The number of carbonyl (C=O) groups is 1. The topological polar surface area (TPSA) is 56.2 Å². The van der Waals surface area contributed by atoms with Crippen molar-refractivity contribution >= 4 is 39.1 Å². The highest BCUT2D eigenvalue weighted by molar-refractivity contribution is 9.11. The van der Waals surface area contributed by atoms with Crippen LogP contribution in [0.1, 0.15) is 17.8 Å². The Hall–Kier alpha value is -0.880. The van der Waals surface area contributed by atoms with Crippen LogP contribution in [0, 0.1) is 5.41 Å². The summed E-state index contributed by atoms with van der Waals surface area (Å²) in [7, 11) is 0. The molecule has 6 heteroatoms. The molecular weight excluding hydrogens is 278 g/mol. The number of hydrogen-bond acceptors (Lipinski definition) is 3. The molecule has 1 aromatic rings. The van der Waals surface area contributed by atoms with Crippen LogP contribution >= 0.6 is 27.3 Å². The largest absolute Gasteiger partial charge is 0.323 e. The van der Waals surface area contributed by atoms with Gasteiger partial charge in [-0.05, 0) is 35.0 Å². The summed E-state index contributed by atoms with van der Waals surface area (Å²) in [6.45, 7) is 2.52. The minimum atomic E-state index is -0.237. The lowest BCUT2D eigenvalue weighted by Crippen LogP contribution is -2.29. The van der Waals surface area contributed by atoms with E-state index in [0.29, 0.717) is 6.54 Å². The van der Waals surface area contributed by atoms with Gasteiger partial charge >= 0.3 is 6.03 Å². The van der Waals surface area contributed by atoms with Crippen molar-refractivity contribution in [1.82, 2.24) is 10.2 Å². The molecule has 0 bridgehead atoms. The van der Waals surface area contributed by atoms with Crippen molar-refractivity contribution in [3.8, 4) is 0 Å². The molecule has 0 aromatic carbocycles. The Balaban J connectivity index is 2.34. The van der Waals surface area contributed by atoms with Gasteiger partial charge in [-0.3, -0.25) is 10.7 Å². The SMILES string of the molecule is CCN1C(=O)NC(=N)C1c1ccc(Br)s1. The van der Waals surface area contributed by atoms with E-state index >= 15 is 0 Å². The van der Waals surface area contributed by atoms with Gasteiger partial charge in [0.1, 0.15) is 11.9 Å². The average Bonchev–Trinajstić information content (AvgIpc) is 2.70. The molecule has 1 aliphatic rings. The van der Waals surface area contributed by atoms with Gasteiger partial charge in [-0.2, -0.15) is 0 Å². The van der Waals surface area contributed by atoms with E-state index in [4.69, 9.17) is 5.41 Å². The van der Waals surface area contributed by atoms with Gasteiger partial charge in [-0.1, -0.05) is 0 Å². The average molecular weight is 288 g/mol. The van der Waals surface area contributed by atoms with Gasteiger partial charge in [0.25, 0.3) is 0 Å². The number of thiophene rings is 1. The monoisotopic (exact) mass is 287 g/mol. The van der Waals surface area contributed by atoms with E-state index in [9.17, 15) is 4.79 Å². The maximum Gasteiger partial charge on any atom is 0.323 e. The Bertz CT molecular complexity index is 417. The van der Waals surface area contributed by atoms with Crippen molar-refractivity contribution in [3.05, 3.63) is 20.8 Å². The number of urea groups is 1. The third-order valence-electron chi connectivity index (χ3n) is 2.29. The molecule has 0 saturated carbocycles. The fourth-order valence-corrected chi connectivity index (χ4v) is 3.17. The molecule has 1 aliphatic heterocycles. The summed E-state index contributed by atoms with van der Waals surface area (Å²) < 4.78 is 1.01. The minimum Gasteiger partial charge on any atom is -0.310 e. The summed E-state index contributed by atoms with van der Waals surface area (Å²) in [6, 6.07) is 3.46. The quantitative estimate of drug-likeness (QED) is 0.863. The van der Waals surface area contributed by atoms with Gasteiger partial charge in [0.2, 0.25) is 0 Å². The van der Waals surface area contributed by atoms with E-state index < -0.39 is 0 Å². The van der Waals surface area contributed by atoms with E-state index in [0.717, 1.165) is 8.66 Å². The molecule has 1 aromatic heterocycles. The van der Waals surface area contributed by atoms with Crippen LogP contribution < -0.4 is 5.32 Å². The van der Waals surface area contributed by atoms with Crippen molar-refractivity contribution in [2.75, 3.05) is 6.54 Å². The molecule has 1 fully saturated rings. The van der Waals surface area contributed by atoms with E-state index in [1.165, 1.54) is 0 Å². The van der Waals surface area contributed by atoms with E-state index in [2.05, 4.69) is 21.2 Å². The Morgan fingerprint density at radius 2 is 2.40 bits per heavy atom. The van der Waals surface area contributed by atoms with Crippen LogP contribution in [0.5, 0.6) is 0 Å². The number of nitrogens with zero attached hydrogens (tertiary/aromatic N) is 1. The number of halogens is 1. The van der Waals surface area contributed by atoms with Crippen LogP contribution in [-0.2, 0) is 0 Å². The van der Waals surface area contributed by atoms with Crippen LogP contribution in [-0.4, -0.2) is 23.3 Å². The van der Waals surface area contributed by atoms with Crippen molar-refractivity contribution in [2.24, 2.45) is 0 Å². The van der Waals surface area contributed by atoms with Crippen molar-refractivity contribution in [1.29, 1.82) is 5.41 Å². The van der Waals surface area contributed by atoms with Crippen LogP contribution in [0.3, 0.4) is 0 Å². The predicted octanol–water partition coefficient (Wildman–Crippen LogP) is 2.57. The van der Waals surface area contributed by atoms with Gasteiger partial charge in [0.05, 0.1) is 3.79 Å². The molecule has 15 heavy (non-hydrogen) atoms. The smallest absolute Gasteiger partial charge is 0.310 e. The van der Waals surface area contributed by atoms with Gasteiger partial charge < -0.3 is 4.90 Å². The molecule has 2 rings (SSSR count). The molecule has 1 atom stereocenters. The van der Waals surface area contributed by atoms with Gasteiger partial charge in [-0.15, -0.1) is 11.3 Å². The van der Waals surface area contributed by atoms with Crippen LogP contribution in [0.25, 0.3) is 0 Å². The number of rotatable bonds is 2. The lowest BCUT2D eigenvalue weighted by atomic mass is 10.2. The highest BCUT2D eigenvalue weighted by atomic mass is 79.9. The van der Waals surface area contributed by atoms with Crippen molar-refractivity contribution in [3.63, 3.8) is 0 Å². The maximum absolute atomic E-state index is 11.5. The second-order valence-corrected chi connectivity index (χ2v) is 5.67. The number of amides is 2. The molecule has 0 radical (unpaired) electrons. The zero-order valence-corrected chi connectivity index (χ0v) is 10.5. The van der Waals surface area contributed by atoms with E-state index in [1.54, 1.807) is 16.2 Å². The van der Waals surface area contributed by atoms with Gasteiger partial charge in [0.15, 0.2) is 0 Å². The summed E-state index contributed by atoms with van der Waals surface area (Å²) in [5.41, 5.74) is 0. The minimum absolute atomic E-state index is 0.183. The van der Waals surface area contributed by atoms with Crippen LogP contribution in [0.4, 0.5) is 4.79 Å². The maximum atomic E-state index is 11.5. The lowest BCUT2D eigenvalue weighted by Gasteiger charge is -2.19. The summed E-state index contributed by atoms with van der Waals surface area (Å²) in [5, 5.41) is 10.3. The molecule has 80 valence electrons. The first-order chi connectivity index (χ1) is 7.13. The highest BCUT2D eigenvalue weighted by Crippen LogP contribution is 2.33. The zero-order chi connectivity index (χ0) is 11.0. The predicted molar refractivity (Wildman–Crippen MR) is 63.4 cm³/mol.